The van der Waals surface area contributed by atoms with E-state index in [1.165, 1.54) is 11.0 Å². The van der Waals surface area contributed by atoms with Gasteiger partial charge in [-0.25, -0.2) is 0 Å². The van der Waals surface area contributed by atoms with Crippen LogP contribution in [0, 0.1) is 0 Å². The molecule has 1 atom stereocenters. The fourth-order valence-electron chi connectivity index (χ4n) is 1.41. The van der Waals surface area contributed by atoms with Crippen molar-refractivity contribution >= 4 is 30.9 Å². The van der Waals surface area contributed by atoms with Gasteiger partial charge in [0, 0.05) is 0 Å². The van der Waals surface area contributed by atoms with Crippen LogP contribution in [-0.2, 0) is 14.2 Å². The second kappa shape index (κ2) is 10.3. The minimum absolute atomic E-state index is 0.0239. The molecule has 1 aromatic rings. The number of benzene rings is 1. The molecular formula is C14H19BN2O3S. The van der Waals surface area contributed by atoms with Gasteiger partial charge < -0.3 is 0 Å². The summed E-state index contributed by atoms with van der Waals surface area (Å²) < 4.78 is 15.8. The molecular weight excluding hydrogens is 287 g/mol. The number of amides is 1. The third-order valence-electron chi connectivity index (χ3n) is 2.58. The Kier molecular flexibility index (Phi) is 8.62. The Balaban J connectivity index is 2.42. The van der Waals surface area contributed by atoms with Gasteiger partial charge in [-0.2, -0.15) is 0 Å². The van der Waals surface area contributed by atoms with E-state index in [1.54, 1.807) is 25.9 Å². The summed E-state index contributed by atoms with van der Waals surface area (Å²) in [7, 11) is 4.00. The molecule has 5 nitrogen and oxygen atoms in total. The van der Waals surface area contributed by atoms with E-state index in [2.05, 4.69) is 4.99 Å². The van der Waals surface area contributed by atoms with Crippen molar-refractivity contribution in [2.75, 3.05) is 33.1 Å². The van der Waals surface area contributed by atoms with Crippen molar-refractivity contribution in [1.29, 1.82) is 0 Å². The third-order valence-corrected chi connectivity index (χ3v) is 3.73. The number of likely N-dealkylation sites (N-methyl/N-ethyl adjacent to an activating group) is 1. The van der Waals surface area contributed by atoms with Crippen LogP contribution in [-0.4, -0.2) is 63.2 Å². The zero-order valence-corrected chi connectivity index (χ0v) is 13.1. The van der Waals surface area contributed by atoms with Gasteiger partial charge in [0.15, 0.2) is 0 Å². The van der Waals surface area contributed by atoms with Crippen molar-refractivity contribution in [3.63, 3.8) is 0 Å². The first-order valence-electron chi connectivity index (χ1n) is 6.56. The van der Waals surface area contributed by atoms with E-state index in [-0.39, 0.29) is 18.6 Å². The predicted molar refractivity (Wildman–Crippen MR) is 85.4 cm³/mol. The van der Waals surface area contributed by atoms with Gasteiger partial charge in [-0.05, 0) is 0 Å². The molecule has 7 heteroatoms. The van der Waals surface area contributed by atoms with E-state index in [9.17, 15) is 9.50 Å². The van der Waals surface area contributed by atoms with Crippen molar-refractivity contribution in [3.05, 3.63) is 30.3 Å². The number of aliphatic imine (C=N–C) groups is 1. The van der Waals surface area contributed by atoms with E-state index >= 15 is 0 Å². The number of thioether (sulfide) groups is 1. The molecule has 1 aromatic carbocycles. The standard InChI is InChI=1S/C14H19BN2O3S/c1-17(2)14(18)9-20-8-12(16-11-15-19)10-21-13-6-4-3-5-7-13/h3-7,11-12H,8-10H2,1-2H3/t12-/m1/s1. The van der Waals surface area contributed by atoms with E-state index in [1.807, 2.05) is 30.3 Å². The van der Waals surface area contributed by atoms with Crippen LogP contribution in [0.25, 0.3) is 0 Å². The average molecular weight is 306 g/mol. The average Bonchev–Trinajstić information content (AvgIpc) is 2.50. The van der Waals surface area contributed by atoms with Crippen molar-refractivity contribution in [2.24, 2.45) is 4.99 Å². The van der Waals surface area contributed by atoms with Crippen LogP contribution >= 0.6 is 11.8 Å². The van der Waals surface area contributed by atoms with E-state index in [0.29, 0.717) is 19.5 Å². The number of rotatable bonds is 9. The first kappa shape index (κ1) is 17.6. The van der Waals surface area contributed by atoms with Crippen LogP contribution < -0.4 is 0 Å². The summed E-state index contributed by atoms with van der Waals surface area (Å²) >= 11 is 1.64. The number of hydrogen-bond donors (Lipinski definition) is 0. The molecule has 0 aliphatic carbocycles. The molecule has 0 aliphatic heterocycles. The third kappa shape index (κ3) is 7.77. The Morgan fingerprint density at radius 3 is 2.76 bits per heavy atom. The zero-order valence-electron chi connectivity index (χ0n) is 12.3. The van der Waals surface area contributed by atoms with Gasteiger partial charge in [0.1, 0.15) is 0 Å². The Labute approximate surface area is 130 Å². The Morgan fingerprint density at radius 2 is 2.14 bits per heavy atom. The SMILES string of the molecule is CN(C)C(=O)COC[C@H](CSc1ccccc1)N=CB=O. The maximum absolute atomic E-state index is 11.4. The Bertz CT molecular complexity index is 469. The molecule has 112 valence electrons. The molecule has 0 fully saturated rings. The second-order valence-electron chi connectivity index (χ2n) is 4.52. The number of ether oxygens (including phenoxy) is 1. The van der Waals surface area contributed by atoms with Gasteiger partial charge in [0.2, 0.25) is 0 Å². The first-order chi connectivity index (χ1) is 10.1. The van der Waals surface area contributed by atoms with Crippen LogP contribution in [0.5, 0.6) is 0 Å². The summed E-state index contributed by atoms with van der Waals surface area (Å²) in [5.41, 5.74) is 0. The van der Waals surface area contributed by atoms with E-state index in [0.717, 1.165) is 4.90 Å². The molecule has 1 amide bonds. The summed E-state index contributed by atoms with van der Waals surface area (Å²) in [6.45, 7) is 0.333. The number of nitrogens with zero attached hydrogens (tertiary/aromatic N) is 2. The molecule has 0 spiro atoms. The molecule has 1 rings (SSSR count). The van der Waals surface area contributed by atoms with E-state index in [4.69, 9.17) is 4.74 Å². The minimum atomic E-state index is -0.157. The van der Waals surface area contributed by atoms with Gasteiger partial charge in [0.25, 0.3) is 0 Å². The quantitative estimate of drug-likeness (QED) is 0.392. The number of carbonyl (C=O) groups excluding carboxylic acids is 1. The van der Waals surface area contributed by atoms with E-state index < -0.39 is 0 Å². The van der Waals surface area contributed by atoms with Gasteiger partial charge in [0.05, 0.1) is 0 Å². The van der Waals surface area contributed by atoms with Crippen molar-refractivity contribution in [3.8, 4) is 0 Å². The fourth-order valence-corrected chi connectivity index (χ4v) is 2.33. The molecule has 0 heterocycles. The molecule has 0 bridgehead atoms. The monoisotopic (exact) mass is 306 g/mol. The Hall–Kier alpha value is -1.47. The first-order valence-corrected chi connectivity index (χ1v) is 7.54. The van der Waals surface area contributed by atoms with Crippen molar-refractivity contribution in [1.82, 2.24) is 4.90 Å². The van der Waals surface area contributed by atoms with Crippen LogP contribution in [0.4, 0.5) is 0 Å². The van der Waals surface area contributed by atoms with Crippen LogP contribution in [0.3, 0.4) is 0 Å². The maximum atomic E-state index is 11.4. The molecule has 0 radical (unpaired) electrons. The summed E-state index contributed by atoms with van der Waals surface area (Å²) in [6.07, 6.45) is 1.23. The molecule has 0 aliphatic rings. The van der Waals surface area contributed by atoms with Crippen LogP contribution in [0.2, 0.25) is 0 Å². The van der Waals surface area contributed by atoms with Crippen molar-refractivity contribution in [2.45, 2.75) is 10.9 Å². The van der Waals surface area contributed by atoms with Gasteiger partial charge in [-0.1, -0.05) is 0 Å². The molecule has 0 saturated carbocycles. The van der Waals surface area contributed by atoms with Crippen molar-refractivity contribution < 1.29 is 14.2 Å². The predicted octanol–water partition coefficient (Wildman–Crippen LogP) is 1.33. The summed E-state index contributed by atoms with van der Waals surface area (Å²) in [5, 5.41) is 0. The fraction of sp³-hybridized carbons (Fsp3) is 0.429. The summed E-state index contributed by atoms with van der Waals surface area (Å²) in [6, 6.07) is 9.78. The van der Waals surface area contributed by atoms with Gasteiger partial charge in [-0.3, -0.25) is 0 Å². The zero-order chi connectivity index (χ0) is 15.5. The second-order valence-corrected chi connectivity index (χ2v) is 5.61. The van der Waals surface area contributed by atoms with Gasteiger partial charge >= 0.3 is 129 Å². The molecule has 0 unspecified atom stereocenters. The van der Waals surface area contributed by atoms with Crippen LogP contribution in [0.15, 0.2) is 40.2 Å². The number of hydrogen-bond acceptors (Lipinski definition) is 5. The molecule has 21 heavy (non-hydrogen) atoms. The number of carbonyl (C=O) groups is 1. The van der Waals surface area contributed by atoms with Gasteiger partial charge in [-0.15, -0.1) is 0 Å². The van der Waals surface area contributed by atoms with Crippen LogP contribution in [0.1, 0.15) is 0 Å². The summed E-state index contributed by atoms with van der Waals surface area (Å²) in [5.74, 6) is 0.591. The normalized spacial score (nSPS) is 12.1. The Morgan fingerprint density at radius 1 is 1.43 bits per heavy atom. The topological polar surface area (TPSA) is 59.0 Å². The molecule has 0 N–H and O–H groups in total. The molecule has 0 aromatic heterocycles. The molecule has 0 saturated heterocycles. The summed E-state index contributed by atoms with van der Waals surface area (Å²) in [4.78, 5) is 18.2.